The number of hydrogen-bond acceptors (Lipinski definition) is 3. The molecular weight excluding hydrogens is 392 g/mol. The molecular formula is C22H27ClN2O2S. The maximum absolute atomic E-state index is 12.9. The highest BCUT2D eigenvalue weighted by Crippen LogP contribution is 2.21. The lowest BCUT2D eigenvalue weighted by molar-refractivity contribution is -0.138. The van der Waals surface area contributed by atoms with Crippen LogP contribution in [0.1, 0.15) is 31.9 Å². The fourth-order valence-electron chi connectivity index (χ4n) is 2.71. The predicted octanol–water partition coefficient (Wildman–Crippen LogP) is 4.52. The third-order valence-corrected chi connectivity index (χ3v) is 5.57. The largest absolute Gasteiger partial charge is 0.352 e. The molecule has 150 valence electrons. The van der Waals surface area contributed by atoms with Crippen LogP contribution in [-0.4, -0.2) is 34.6 Å². The average Bonchev–Trinajstić information content (AvgIpc) is 2.67. The van der Waals surface area contributed by atoms with Crippen molar-refractivity contribution >= 4 is 35.2 Å². The minimum absolute atomic E-state index is 0.0261. The van der Waals surface area contributed by atoms with Crippen molar-refractivity contribution in [3.63, 3.8) is 0 Å². The summed E-state index contributed by atoms with van der Waals surface area (Å²) in [6, 6.07) is 16.8. The predicted molar refractivity (Wildman–Crippen MR) is 117 cm³/mol. The Labute approximate surface area is 176 Å². The van der Waals surface area contributed by atoms with Gasteiger partial charge in [0.1, 0.15) is 6.04 Å². The van der Waals surface area contributed by atoms with Crippen molar-refractivity contribution in [2.45, 2.75) is 45.2 Å². The van der Waals surface area contributed by atoms with Crippen LogP contribution in [0.5, 0.6) is 0 Å². The van der Waals surface area contributed by atoms with Gasteiger partial charge in [-0.2, -0.15) is 0 Å². The molecule has 2 aromatic carbocycles. The van der Waals surface area contributed by atoms with Gasteiger partial charge >= 0.3 is 0 Å². The smallest absolute Gasteiger partial charge is 0.242 e. The van der Waals surface area contributed by atoms with Crippen LogP contribution >= 0.6 is 23.4 Å². The Morgan fingerprint density at radius 1 is 1.04 bits per heavy atom. The normalized spacial score (nSPS) is 11.9. The van der Waals surface area contributed by atoms with Crippen LogP contribution in [0.2, 0.25) is 5.02 Å². The molecule has 2 rings (SSSR count). The molecule has 1 atom stereocenters. The van der Waals surface area contributed by atoms with E-state index in [0.717, 1.165) is 11.1 Å². The van der Waals surface area contributed by atoms with Gasteiger partial charge in [-0.25, -0.2) is 0 Å². The van der Waals surface area contributed by atoms with Crippen LogP contribution in [0.3, 0.4) is 0 Å². The summed E-state index contributed by atoms with van der Waals surface area (Å²) < 4.78 is 0. The lowest BCUT2D eigenvalue weighted by Crippen LogP contribution is -2.49. The van der Waals surface area contributed by atoms with Gasteiger partial charge in [0.25, 0.3) is 0 Å². The molecule has 1 N–H and O–H groups in total. The lowest BCUT2D eigenvalue weighted by Gasteiger charge is -2.29. The third kappa shape index (κ3) is 6.88. The van der Waals surface area contributed by atoms with Gasteiger partial charge in [0, 0.05) is 23.4 Å². The molecule has 0 bridgehead atoms. The third-order valence-electron chi connectivity index (χ3n) is 4.23. The number of hydrogen-bond donors (Lipinski definition) is 1. The van der Waals surface area contributed by atoms with Gasteiger partial charge in [-0.15, -0.1) is 11.8 Å². The van der Waals surface area contributed by atoms with Crippen LogP contribution in [0.25, 0.3) is 0 Å². The first-order chi connectivity index (χ1) is 13.4. The van der Waals surface area contributed by atoms with E-state index in [1.165, 1.54) is 11.8 Å². The second kappa shape index (κ2) is 11.1. The zero-order valence-electron chi connectivity index (χ0n) is 16.5. The van der Waals surface area contributed by atoms with Crippen LogP contribution in [0.4, 0.5) is 0 Å². The number of rotatable bonds is 9. The highest BCUT2D eigenvalue weighted by atomic mass is 35.5. The Morgan fingerprint density at radius 3 is 2.32 bits per heavy atom. The average molecular weight is 419 g/mol. The highest BCUT2D eigenvalue weighted by Gasteiger charge is 2.26. The summed E-state index contributed by atoms with van der Waals surface area (Å²) in [6.45, 7) is 6.00. The van der Waals surface area contributed by atoms with Crippen molar-refractivity contribution in [2.75, 3.05) is 5.75 Å². The first-order valence-electron chi connectivity index (χ1n) is 9.33. The molecule has 0 radical (unpaired) electrons. The standard InChI is InChI=1S/C22H27ClN2O2S/c1-16(2)24-22(27)17(3)25(13-18-9-5-4-6-10-18)21(26)15-28-14-19-11-7-8-12-20(19)23/h4-12,16-17H,13-15H2,1-3H3,(H,24,27). The van der Waals surface area contributed by atoms with Crippen LogP contribution in [0.15, 0.2) is 54.6 Å². The molecule has 0 heterocycles. The maximum Gasteiger partial charge on any atom is 0.242 e. The summed E-state index contributed by atoms with van der Waals surface area (Å²) in [5, 5.41) is 3.60. The van der Waals surface area contributed by atoms with Crippen molar-refractivity contribution < 1.29 is 9.59 Å². The molecule has 1 unspecified atom stereocenters. The number of thioether (sulfide) groups is 1. The number of amides is 2. The molecule has 4 nitrogen and oxygen atoms in total. The molecule has 0 aromatic heterocycles. The second-order valence-electron chi connectivity index (χ2n) is 6.93. The van der Waals surface area contributed by atoms with E-state index in [1.807, 2.05) is 68.4 Å². The van der Waals surface area contributed by atoms with E-state index in [0.29, 0.717) is 17.3 Å². The lowest BCUT2D eigenvalue weighted by atomic mass is 10.1. The number of carbonyl (C=O) groups is 2. The monoisotopic (exact) mass is 418 g/mol. The van der Waals surface area contributed by atoms with E-state index in [-0.39, 0.29) is 23.6 Å². The summed E-state index contributed by atoms with van der Waals surface area (Å²) in [5.41, 5.74) is 2.00. The molecule has 0 saturated heterocycles. The summed E-state index contributed by atoms with van der Waals surface area (Å²) in [5.74, 6) is 0.733. The molecule has 0 aliphatic heterocycles. The number of halogens is 1. The van der Waals surface area contributed by atoms with E-state index in [4.69, 9.17) is 11.6 Å². The zero-order chi connectivity index (χ0) is 20.5. The number of carbonyl (C=O) groups excluding carboxylic acids is 2. The van der Waals surface area contributed by atoms with Crippen LogP contribution < -0.4 is 5.32 Å². The zero-order valence-corrected chi connectivity index (χ0v) is 18.1. The SMILES string of the molecule is CC(C)NC(=O)C(C)N(Cc1ccccc1)C(=O)CSCc1ccccc1Cl. The van der Waals surface area contributed by atoms with Gasteiger partial charge in [-0.3, -0.25) is 9.59 Å². The first kappa shape index (κ1) is 22.3. The summed E-state index contributed by atoms with van der Waals surface area (Å²) in [4.78, 5) is 27.1. The van der Waals surface area contributed by atoms with E-state index in [2.05, 4.69) is 5.32 Å². The molecule has 2 aromatic rings. The summed E-state index contributed by atoms with van der Waals surface area (Å²) in [6.07, 6.45) is 0. The molecule has 0 aliphatic rings. The minimum Gasteiger partial charge on any atom is -0.352 e. The number of benzene rings is 2. The van der Waals surface area contributed by atoms with Gasteiger partial charge in [-0.1, -0.05) is 60.1 Å². The Morgan fingerprint density at radius 2 is 1.68 bits per heavy atom. The second-order valence-corrected chi connectivity index (χ2v) is 8.32. The van der Waals surface area contributed by atoms with E-state index < -0.39 is 6.04 Å². The van der Waals surface area contributed by atoms with Crippen molar-refractivity contribution in [1.29, 1.82) is 0 Å². The van der Waals surface area contributed by atoms with Crippen LogP contribution in [0, 0.1) is 0 Å². The molecule has 6 heteroatoms. The van der Waals surface area contributed by atoms with E-state index in [9.17, 15) is 9.59 Å². The Kier molecular flexibility index (Phi) is 8.87. The maximum atomic E-state index is 12.9. The van der Waals surface area contributed by atoms with E-state index in [1.54, 1.807) is 11.8 Å². The molecule has 0 fully saturated rings. The van der Waals surface area contributed by atoms with Gasteiger partial charge in [0.2, 0.25) is 11.8 Å². The van der Waals surface area contributed by atoms with Gasteiger partial charge < -0.3 is 10.2 Å². The number of nitrogens with one attached hydrogen (secondary N) is 1. The fraction of sp³-hybridized carbons (Fsp3) is 0.364. The molecule has 0 spiro atoms. The topological polar surface area (TPSA) is 49.4 Å². The van der Waals surface area contributed by atoms with Crippen molar-refractivity contribution in [3.05, 3.63) is 70.7 Å². The van der Waals surface area contributed by atoms with Crippen molar-refractivity contribution in [1.82, 2.24) is 10.2 Å². The molecule has 28 heavy (non-hydrogen) atoms. The summed E-state index contributed by atoms with van der Waals surface area (Å²) in [7, 11) is 0. The highest BCUT2D eigenvalue weighted by molar-refractivity contribution is 7.99. The van der Waals surface area contributed by atoms with Crippen molar-refractivity contribution in [3.8, 4) is 0 Å². The van der Waals surface area contributed by atoms with Crippen molar-refractivity contribution in [2.24, 2.45) is 0 Å². The molecule has 0 aliphatic carbocycles. The minimum atomic E-state index is -0.545. The fourth-order valence-corrected chi connectivity index (χ4v) is 3.91. The Hall–Kier alpha value is -1.98. The van der Waals surface area contributed by atoms with Gasteiger partial charge in [-0.05, 0) is 38.0 Å². The Bertz CT molecular complexity index is 783. The quantitative estimate of drug-likeness (QED) is 0.651. The summed E-state index contributed by atoms with van der Waals surface area (Å²) >= 11 is 7.69. The first-order valence-corrected chi connectivity index (χ1v) is 10.9. The number of nitrogens with zero attached hydrogens (tertiary/aromatic N) is 1. The van der Waals surface area contributed by atoms with Crippen LogP contribution in [-0.2, 0) is 21.9 Å². The van der Waals surface area contributed by atoms with Gasteiger partial charge in [0.15, 0.2) is 0 Å². The van der Waals surface area contributed by atoms with E-state index >= 15 is 0 Å². The van der Waals surface area contributed by atoms with Gasteiger partial charge in [0.05, 0.1) is 5.75 Å². The molecule has 0 saturated carbocycles. The Balaban J connectivity index is 2.05. The molecule has 2 amide bonds.